The van der Waals surface area contributed by atoms with E-state index >= 15 is 0 Å². The van der Waals surface area contributed by atoms with Crippen molar-refractivity contribution in [3.05, 3.63) is 46.8 Å². The molecule has 0 saturated heterocycles. The number of hydrogen-bond acceptors (Lipinski definition) is 7. The molecule has 2 unspecified atom stereocenters. The van der Waals surface area contributed by atoms with E-state index < -0.39 is 19.5 Å². The minimum atomic E-state index is -1.96. The maximum atomic E-state index is 11.4. The van der Waals surface area contributed by atoms with Gasteiger partial charge in [-0.25, -0.2) is 9.41 Å². The van der Waals surface area contributed by atoms with Gasteiger partial charge in [-0.3, -0.25) is 0 Å². The molecule has 2 aliphatic rings. The monoisotopic (exact) mass is 496 g/mol. The molecule has 0 saturated carbocycles. The molecule has 2 aliphatic heterocycles. The van der Waals surface area contributed by atoms with E-state index in [1.807, 2.05) is 19.1 Å². The van der Waals surface area contributed by atoms with Crippen molar-refractivity contribution in [3.8, 4) is 17.4 Å². The summed E-state index contributed by atoms with van der Waals surface area (Å²) < 4.78 is 22.8. The molecule has 5 rings (SSSR count). The molecule has 4 heterocycles. The second-order valence-electron chi connectivity index (χ2n) is 10.7. The van der Waals surface area contributed by atoms with Gasteiger partial charge in [0.15, 0.2) is 8.32 Å². The van der Waals surface area contributed by atoms with Crippen LogP contribution in [0.15, 0.2) is 24.3 Å². The van der Waals surface area contributed by atoms with Crippen molar-refractivity contribution in [2.75, 3.05) is 6.61 Å². The Labute approximate surface area is 203 Å². The van der Waals surface area contributed by atoms with Gasteiger partial charge < -0.3 is 19.4 Å². The summed E-state index contributed by atoms with van der Waals surface area (Å²) >= 11 is 0.991. The standard InChI is InChI=1S/C24H28N4O4SSi/c1-22(2,3)34(6,7)31-13-12-24-11-10-23(4,32-24)16-17(24)21(30)28(20(16)29)15-9-8-14(25-5)18-19(15)27-33-26-18/h8-11,29-30H,12-13H2,1-4,6-7H3. The van der Waals surface area contributed by atoms with E-state index in [1.165, 1.54) is 4.57 Å². The van der Waals surface area contributed by atoms with E-state index in [1.54, 1.807) is 12.1 Å². The fourth-order valence-corrected chi connectivity index (χ4v) is 6.31. The van der Waals surface area contributed by atoms with Crippen LogP contribution in [0, 0.1) is 6.57 Å². The van der Waals surface area contributed by atoms with Gasteiger partial charge in [-0.15, -0.1) is 0 Å². The first-order valence-corrected chi connectivity index (χ1v) is 14.8. The first kappa shape index (κ1) is 23.0. The third kappa shape index (κ3) is 3.01. The zero-order chi connectivity index (χ0) is 24.7. The Morgan fingerprint density at radius 1 is 1.15 bits per heavy atom. The van der Waals surface area contributed by atoms with Gasteiger partial charge in [-0.05, 0) is 43.3 Å². The van der Waals surface area contributed by atoms with Gasteiger partial charge in [0.1, 0.15) is 22.2 Å². The quantitative estimate of drug-likeness (QED) is 0.261. The number of aromatic nitrogens is 3. The summed E-state index contributed by atoms with van der Waals surface area (Å²) in [6.07, 6.45) is 4.42. The van der Waals surface area contributed by atoms with Crippen LogP contribution in [0.3, 0.4) is 0 Å². The van der Waals surface area contributed by atoms with Crippen LogP contribution in [0.5, 0.6) is 11.8 Å². The Kier molecular flexibility index (Phi) is 4.85. The van der Waals surface area contributed by atoms with E-state index in [0.29, 0.717) is 46.6 Å². The molecule has 178 valence electrons. The van der Waals surface area contributed by atoms with Gasteiger partial charge in [0.05, 0.1) is 35.1 Å². The Morgan fingerprint density at radius 2 is 1.82 bits per heavy atom. The lowest BCUT2D eigenvalue weighted by Crippen LogP contribution is -2.41. The molecule has 10 heteroatoms. The SMILES string of the molecule is [C-]#[N+]c1ccc(-n2c(O)c3c(c2O)C2(CCO[Si](C)(C)C(C)(C)C)C=CC3(C)O2)c2nsnc12. The summed E-state index contributed by atoms with van der Waals surface area (Å²) in [5.41, 5.74) is 1.10. The maximum Gasteiger partial charge on any atom is 0.215 e. The van der Waals surface area contributed by atoms with Crippen LogP contribution in [0.1, 0.15) is 45.2 Å². The van der Waals surface area contributed by atoms with Gasteiger partial charge in [-0.2, -0.15) is 8.75 Å². The fraction of sp³-hybridized carbons (Fsp3) is 0.458. The average molecular weight is 497 g/mol. The lowest BCUT2D eigenvalue weighted by Gasteiger charge is -2.37. The van der Waals surface area contributed by atoms with E-state index in [9.17, 15) is 10.2 Å². The van der Waals surface area contributed by atoms with Crippen LogP contribution in [0.4, 0.5) is 5.69 Å². The van der Waals surface area contributed by atoms with Crippen LogP contribution in [-0.4, -0.2) is 38.5 Å². The van der Waals surface area contributed by atoms with E-state index in [0.717, 1.165) is 11.7 Å². The van der Waals surface area contributed by atoms with Gasteiger partial charge in [-0.1, -0.05) is 26.8 Å². The van der Waals surface area contributed by atoms with Crippen LogP contribution < -0.4 is 0 Å². The average Bonchev–Trinajstić information content (AvgIpc) is 3.48. The number of benzene rings is 1. The van der Waals surface area contributed by atoms with Crippen molar-refractivity contribution >= 4 is 36.8 Å². The molecule has 2 bridgehead atoms. The number of ether oxygens (including phenoxy) is 1. The minimum Gasteiger partial charge on any atom is -0.494 e. The van der Waals surface area contributed by atoms with Crippen molar-refractivity contribution in [3.63, 3.8) is 0 Å². The molecular formula is C24H28N4O4SSi. The Morgan fingerprint density at radius 3 is 2.50 bits per heavy atom. The Balaban J connectivity index is 1.58. The zero-order valence-corrected chi connectivity index (χ0v) is 21.9. The first-order chi connectivity index (χ1) is 15.9. The summed E-state index contributed by atoms with van der Waals surface area (Å²) in [5.74, 6) is -0.200. The van der Waals surface area contributed by atoms with Crippen molar-refractivity contribution in [1.29, 1.82) is 0 Å². The van der Waals surface area contributed by atoms with Gasteiger partial charge in [0.2, 0.25) is 17.4 Å². The fourth-order valence-electron chi connectivity index (χ4n) is 4.70. The van der Waals surface area contributed by atoms with Crippen molar-refractivity contribution in [1.82, 2.24) is 13.3 Å². The highest BCUT2D eigenvalue weighted by Crippen LogP contribution is 2.62. The summed E-state index contributed by atoms with van der Waals surface area (Å²) in [5, 5.41) is 22.9. The second-order valence-corrected chi connectivity index (χ2v) is 16.0. The van der Waals surface area contributed by atoms with E-state index in [-0.39, 0.29) is 16.8 Å². The highest BCUT2D eigenvalue weighted by atomic mass is 32.1. The zero-order valence-electron chi connectivity index (χ0n) is 20.1. The highest BCUT2D eigenvalue weighted by Gasteiger charge is 2.58. The molecule has 0 spiro atoms. The molecule has 3 aromatic rings. The minimum absolute atomic E-state index is 0.0839. The summed E-state index contributed by atoms with van der Waals surface area (Å²) in [6, 6.07) is 3.31. The Hall–Kier alpha value is -2.71. The molecule has 0 amide bonds. The summed E-state index contributed by atoms with van der Waals surface area (Å²) in [6.45, 7) is 20.8. The second kappa shape index (κ2) is 7.15. The van der Waals surface area contributed by atoms with Gasteiger partial charge in [0.25, 0.3) is 0 Å². The van der Waals surface area contributed by atoms with Crippen LogP contribution in [0.25, 0.3) is 21.6 Å². The van der Waals surface area contributed by atoms with Gasteiger partial charge >= 0.3 is 0 Å². The molecule has 2 atom stereocenters. The van der Waals surface area contributed by atoms with Crippen LogP contribution >= 0.6 is 11.7 Å². The van der Waals surface area contributed by atoms with Crippen molar-refractivity contribution < 1.29 is 19.4 Å². The number of rotatable bonds is 5. The van der Waals surface area contributed by atoms with Crippen LogP contribution in [0.2, 0.25) is 18.1 Å². The lowest BCUT2D eigenvalue weighted by atomic mass is 9.83. The smallest absolute Gasteiger partial charge is 0.215 e. The van der Waals surface area contributed by atoms with E-state index in [4.69, 9.17) is 15.7 Å². The predicted molar refractivity (Wildman–Crippen MR) is 133 cm³/mol. The molecule has 34 heavy (non-hydrogen) atoms. The number of aromatic hydroxyl groups is 2. The van der Waals surface area contributed by atoms with Crippen LogP contribution in [-0.2, 0) is 20.4 Å². The third-order valence-corrected chi connectivity index (χ3v) is 12.6. The molecule has 0 aliphatic carbocycles. The first-order valence-electron chi connectivity index (χ1n) is 11.2. The van der Waals surface area contributed by atoms with Crippen molar-refractivity contribution in [2.45, 2.75) is 63.5 Å². The topological polar surface area (TPSA) is 94.0 Å². The van der Waals surface area contributed by atoms with Crippen molar-refractivity contribution in [2.24, 2.45) is 0 Å². The molecule has 0 fully saturated rings. The van der Waals surface area contributed by atoms with Gasteiger partial charge in [0, 0.05) is 13.0 Å². The highest BCUT2D eigenvalue weighted by molar-refractivity contribution is 7.00. The predicted octanol–water partition coefficient (Wildman–Crippen LogP) is 5.87. The Bertz CT molecular complexity index is 1400. The summed E-state index contributed by atoms with van der Waals surface area (Å²) in [7, 11) is -1.96. The number of hydrogen-bond donors (Lipinski definition) is 2. The third-order valence-electron chi connectivity index (χ3n) is 7.58. The normalized spacial score (nSPS) is 23.6. The number of fused-ring (bicyclic) bond motifs is 6. The molecule has 1 aromatic carbocycles. The molecule has 0 radical (unpaired) electrons. The molecule has 2 N–H and O–H groups in total. The molecule has 8 nitrogen and oxygen atoms in total. The summed E-state index contributed by atoms with van der Waals surface area (Å²) in [4.78, 5) is 3.51. The molecular weight excluding hydrogens is 468 g/mol. The molecule has 2 aromatic heterocycles. The lowest BCUT2D eigenvalue weighted by molar-refractivity contribution is -0.0720. The number of nitrogens with zero attached hydrogens (tertiary/aromatic N) is 4. The largest absolute Gasteiger partial charge is 0.494 e. The maximum absolute atomic E-state index is 11.4. The van der Waals surface area contributed by atoms with E-state index in [2.05, 4.69) is 47.5 Å².